The van der Waals surface area contributed by atoms with Crippen LogP contribution in [0.5, 0.6) is 5.75 Å². The number of benzene rings is 2. The smallest absolute Gasteiger partial charge is 0.257 e. The van der Waals surface area contributed by atoms with Gasteiger partial charge in [-0.15, -0.1) is 0 Å². The highest BCUT2D eigenvalue weighted by Gasteiger charge is 2.28. The van der Waals surface area contributed by atoms with E-state index in [-0.39, 0.29) is 36.5 Å². The SMILES string of the molecule is COCC(=O)Nc1ccc2c(c1)C(=O)N(C)C[C@H](OC)[C@@H](C)CN(Cc1ccccc1)[C@H](C)CO2. The molecule has 8 nitrogen and oxygen atoms in total. The number of nitrogens with one attached hydrogen (secondary N) is 1. The van der Waals surface area contributed by atoms with Crippen LogP contribution in [0.15, 0.2) is 48.5 Å². The molecule has 0 aromatic heterocycles. The molecule has 0 bridgehead atoms. The fourth-order valence-corrected chi connectivity index (χ4v) is 4.30. The summed E-state index contributed by atoms with van der Waals surface area (Å²) in [6, 6.07) is 15.6. The van der Waals surface area contributed by atoms with E-state index in [9.17, 15) is 9.59 Å². The molecular formula is C27H37N3O5. The predicted molar refractivity (Wildman–Crippen MR) is 136 cm³/mol. The molecule has 0 unspecified atom stereocenters. The molecule has 0 spiro atoms. The Morgan fingerprint density at radius 1 is 1.11 bits per heavy atom. The Hall–Kier alpha value is -2.94. The maximum absolute atomic E-state index is 13.4. The van der Waals surface area contributed by atoms with E-state index in [1.807, 2.05) is 18.2 Å². The third-order valence-corrected chi connectivity index (χ3v) is 6.36. The van der Waals surface area contributed by atoms with Gasteiger partial charge in [0.15, 0.2) is 0 Å². The minimum atomic E-state index is -0.291. The Morgan fingerprint density at radius 3 is 2.54 bits per heavy atom. The van der Waals surface area contributed by atoms with Crippen molar-refractivity contribution < 1.29 is 23.8 Å². The zero-order valence-corrected chi connectivity index (χ0v) is 21.3. The van der Waals surface area contributed by atoms with Crippen molar-refractivity contribution >= 4 is 17.5 Å². The van der Waals surface area contributed by atoms with Crippen molar-refractivity contribution in [3.63, 3.8) is 0 Å². The number of likely N-dealkylation sites (N-methyl/N-ethyl adjacent to an activating group) is 1. The van der Waals surface area contributed by atoms with Gasteiger partial charge in [-0.1, -0.05) is 37.3 Å². The number of hydrogen-bond donors (Lipinski definition) is 1. The first-order valence-corrected chi connectivity index (χ1v) is 11.9. The first-order valence-electron chi connectivity index (χ1n) is 11.9. The molecule has 0 saturated carbocycles. The molecule has 2 aromatic rings. The maximum atomic E-state index is 13.4. The van der Waals surface area contributed by atoms with Gasteiger partial charge in [0.25, 0.3) is 5.91 Å². The van der Waals surface area contributed by atoms with Gasteiger partial charge in [-0.05, 0) is 36.6 Å². The molecular weight excluding hydrogens is 446 g/mol. The zero-order valence-electron chi connectivity index (χ0n) is 21.3. The van der Waals surface area contributed by atoms with Gasteiger partial charge in [0.2, 0.25) is 5.91 Å². The van der Waals surface area contributed by atoms with Crippen molar-refractivity contribution in [1.29, 1.82) is 0 Å². The van der Waals surface area contributed by atoms with Gasteiger partial charge < -0.3 is 24.4 Å². The Labute approximate surface area is 208 Å². The third kappa shape index (κ3) is 7.27. The van der Waals surface area contributed by atoms with Crippen LogP contribution in [0.3, 0.4) is 0 Å². The van der Waals surface area contributed by atoms with Gasteiger partial charge in [0.05, 0.1) is 11.7 Å². The van der Waals surface area contributed by atoms with Crippen molar-refractivity contribution in [3.8, 4) is 5.75 Å². The van der Waals surface area contributed by atoms with Gasteiger partial charge in [-0.2, -0.15) is 0 Å². The first-order chi connectivity index (χ1) is 16.8. The fraction of sp³-hybridized carbons (Fsp3) is 0.481. The summed E-state index contributed by atoms with van der Waals surface area (Å²) in [6.07, 6.45) is -0.136. The third-order valence-electron chi connectivity index (χ3n) is 6.36. The summed E-state index contributed by atoms with van der Waals surface area (Å²) in [4.78, 5) is 29.5. The van der Waals surface area contributed by atoms with Crippen LogP contribution in [-0.4, -0.2) is 81.3 Å². The molecule has 0 aliphatic carbocycles. The highest BCUT2D eigenvalue weighted by Crippen LogP contribution is 2.27. The van der Waals surface area contributed by atoms with Crippen LogP contribution in [-0.2, 0) is 20.8 Å². The number of ether oxygens (including phenoxy) is 3. The molecule has 1 N–H and O–H groups in total. The van der Waals surface area contributed by atoms with Crippen LogP contribution in [0.4, 0.5) is 5.69 Å². The second-order valence-electron chi connectivity index (χ2n) is 9.20. The Balaban J connectivity index is 1.92. The van der Waals surface area contributed by atoms with Crippen LogP contribution in [0, 0.1) is 5.92 Å². The van der Waals surface area contributed by atoms with Gasteiger partial charge in [0.1, 0.15) is 19.0 Å². The first kappa shape index (κ1) is 26.7. The van der Waals surface area contributed by atoms with Crippen molar-refractivity contribution in [3.05, 3.63) is 59.7 Å². The molecule has 0 fully saturated rings. The number of nitrogens with zero attached hydrogens (tertiary/aromatic N) is 2. The second-order valence-corrected chi connectivity index (χ2v) is 9.20. The normalized spacial score (nSPS) is 21.9. The lowest BCUT2D eigenvalue weighted by molar-refractivity contribution is -0.119. The number of amides is 2. The van der Waals surface area contributed by atoms with Crippen LogP contribution >= 0.6 is 0 Å². The van der Waals surface area contributed by atoms with Crippen molar-refractivity contribution in [2.75, 3.05) is 52.9 Å². The van der Waals surface area contributed by atoms with Crippen molar-refractivity contribution in [2.45, 2.75) is 32.5 Å². The monoisotopic (exact) mass is 483 g/mol. The molecule has 1 aliphatic rings. The second kappa shape index (κ2) is 12.7. The van der Waals surface area contributed by atoms with Crippen LogP contribution in [0.25, 0.3) is 0 Å². The van der Waals surface area contributed by atoms with Crippen molar-refractivity contribution in [1.82, 2.24) is 9.80 Å². The van der Waals surface area contributed by atoms with E-state index in [2.05, 4.69) is 36.2 Å². The Bertz CT molecular complexity index is 984. The number of fused-ring (bicyclic) bond motifs is 1. The topological polar surface area (TPSA) is 80.3 Å². The average molecular weight is 484 g/mol. The predicted octanol–water partition coefficient (Wildman–Crippen LogP) is 3.28. The Morgan fingerprint density at radius 2 is 1.86 bits per heavy atom. The summed E-state index contributed by atoms with van der Waals surface area (Å²) in [5, 5.41) is 2.76. The van der Waals surface area contributed by atoms with E-state index < -0.39 is 0 Å². The van der Waals surface area contributed by atoms with Gasteiger partial charge in [0, 0.05) is 52.6 Å². The molecule has 1 aliphatic heterocycles. The minimum Gasteiger partial charge on any atom is -0.491 e. The maximum Gasteiger partial charge on any atom is 0.257 e. The fourth-order valence-electron chi connectivity index (χ4n) is 4.30. The summed E-state index contributed by atoms with van der Waals surface area (Å²) < 4.78 is 16.9. The van der Waals surface area contributed by atoms with E-state index in [1.165, 1.54) is 12.7 Å². The molecule has 190 valence electrons. The Kier molecular flexibility index (Phi) is 9.65. The van der Waals surface area contributed by atoms with E-state index in [1.54, 1.807) is 37.3 Å². The number of rotatable bonds is 6. The van der Waals surface area contributed by atoms with E-state index >= 15 is 0 Å². The highest BCUT2D eigenvalue weighted by atomic mass is 16.5. The number of methoxy groups -OCH3 is 2. The molecule has 8 heteroatoms. The van der Waals surface area contributed by atoms with Gasteiger partial charge in [-0.3, -0.25) is 14.5 Å². The molecule has 2 amide bonds. The standard InChI is InChI=1S/C27H37N3O5/c1-19-14-30(15-21-9-7-6-8-10-21)20(2)17-35-24-12-11-22(28-26(31)18-33-4)13-23(24)27(32)29(3)16-25(19)34-5/h6-13,19-20,25H,14-18H2,1-5H3,(H,28,31)/t19-,20+,25-/m0/s1. The average Bonchev–Trinajstić information content (AvgIpc) is 2.85. The van der Waals surface area contributed by atoms with Gasteiger partial charge in [-0.25, -0.2) is 0 Å². The molecule has 3 rings (SSSR count). The van der Waals surface area contributed by atoms with Crippen LogP contribution < -0.4 is 10.1 Å². The molecule has 0 radical (unpaired) electrons. The lowest BCUT2D eigenvalue weighted by atomic mass is 10.0. The summed E-state index contributed by atoms with van der Waals surface area (Å²) in [7, 11) is 4.91. The number of carbonyl (C=O) groups excluding carboxylic acids is 2. The summed E-state index contributed by atoms with van der Waals surface area (Å²) in [5.41, 5.74) is 2.14. The summed E-state index contributed by atoms with van der Waals surface area (Å²) in [6.45, 7) is 6.66. The largest absolute Gasteiger partial charge is 0.491 e. The van der Waals surface area contributed by atoms with E-state index in [0.29, 0.717) is 30.2 Å². The zero-order chi connectivity index (χ0) is 25.4. The number of anilines is 1. The van der Waals surface area contributed by atoms with E-state index in [0.717, 1.165) is 13.1 Å². The summed E-state index contributed by atoms with van der Waals surface area (Å²) in [5.74, 6) is 0.188. The quantitative estimate of drug-likeness (QED) is 0.679. The minimum absolute atomic E-state index is 0.0659. The molecule has 0 saturated heterocycles. The highest BCUT2D eigenvalue weighted by molar-refractivity contribution is 5.99. The van der Waals surface area contributed by atoms with E-state index in [4.69, 9.17) is 14.2 Å². The number of carbonyl (C=O) groups is 2. The van der Waals surface area contributed by atoms with Crippen LogP contribution in [0.2, 0.25) is 0 Å². The lowest BCUT2D eigenvalue weighted by Gasteiger charge is -2.36. The molecule has 3 atom stereocenters. The van der Waals surface area contributed by atoms with Crippen LogP contribution in [0.1, 0.15) is 29.8 Å². The number of hydrogen-bond acceptors (Lipinski definition) is 6. The molecule has 35 heavy (non-hydrogen) atoms. The van der Waals surface area contributed by atoms with Crippen molar-refractivity contribution in [2.24, 2.45) is 5.92 Å². The molecule has 2 aromatic carbocycles. The molecule has 1 heterocycles. The summed E-state index contributed by atoms with van der Waals surface area (Å²) >= 11 is 0. The van der Waals surface area contributed by atoms with Gasteiger partial charge >= 0.3 is 0 Å². The lowest BCUT2D eigenvalue weighted by Crippen LogP contribution is -2.46.